The molecular formula is C18H28N4O. The van der Waals surface area contributed by atoms with Gasteiger partial charge in [0.1, 0.15) is 0 Å². The van der Waals surface area contributed by atoms with E-state index in [1.165, 1.54) is 5.56 Å². The van der Waals surface area contributed by atoms with Gasteiger partial charge in [0.15, 0.2) is 0 Å². The molecule has 0 aliphatic carbocycles. The van der Waals surface area contributed by atoms with Crippen molar-refractivity contribution in [2.45, 2.75) is 38.9 Å². The van der Waals surface area contributed by atoms with E-state index in [-0.39, 0.29) is 5.91 Å². The third-order valence-corrected chi connectivity index (χ3v) is 5.34. The Kier molecular flexibility index (Phi) is 4.97. The van der Waals surface area contributed by atoms with Gasteiger partial charge in [-0.1, -0.05) is 6.07 Å². The van der Waals surface area contributed by atoms with Crippen LogP contribution in [0.4, 0.5) is 0 Å². The molecular weight excluding hydrogens is 288 g/mol. The number of likely N-dealkylation sites (N-methyl/N-ethyl adjacent to an activating group) is 1. The van der Waals surface area contributed by atoms with E-state index in [2.05, 4.69) is 39.6 Å². The fourth-order valence-electron chi connectivity index (χ4n) is 3.72. The molecule has 0 bridgehead atoms. The van der Waals surface area contributed by atoms with Gasteiger partial charge in [0, 0.05) is 50.7 Å². The summed E-state index contributed by atoms with van der Waals surface area (Å²) in [6, 6.07) is 4.92. The Morgan fingerprint density at radius 1 is 1.43 bits per heavy atom. The first-order valence-corrected chi connectivity index (χ1v) is 8.65. The van der Waals surface area contributed by atoms with Gasteiger partial charge in [0.2, 0.25) is 5.91 Å². The van der Waals surface area contributed by atoms with Crippen LogP contribution in [0.1, 0.15) is 25.8 Å². The van der Waals surface area contributed by atoms with Crippen LogP contribution in [0.3, 0.4) is 0 Å². The molecule has 3 rings (SSSR count). The van der Waals surface area contributed by atoms with Crippen LogP contribution in [0.15, 0.2) is 24.5 Å². The van der Waals surface area contributed by atoms with Crippen LogP contribution in [0.25, 0.3) is 0 Å². The van der Waals surface area contributed by atoms with Crippen molar-refractivity contribution in [3.8, 4) is 0 Å². The zero-order chi connectivity index (χ0) is 16.4. The maximum atomic E-state index is 12.6. The number of rotatable bonds is 5. The van der Waals surface area contributed by atoms with Crippen molar-refractivity contribution in [3.63, 3.8) is 0 Å². The highest BCUT2D eigenvalue weighted by Crippen LogP contribution is 2.32. The van der Waals surface area contributed by atoms with Gasteiger partial charge in [-0.15, -0.1) is 0 Å². The number of hydrogen-bond acceptors (Lipinski definition) is 4. The Balaban J connectivity index is 1.57. The van der Waals surface area contributed by atoms with Crippen molar-refractivity contribution >= 4 is 5.91 Å². The predicted molar refractivity (Wildman–Crippen MR) is 90.9 cm³/mol. The van der Waals surface area contributed by atoms with Crippen LogP contribution in [-0.2, 0) is 11.3 Å². The van der Waals surface area contributed by atoms with Crippen molar-refractivity contribution in [2.75, 3.05) is 33.2 Å². The average Bonchev–Trinajstić information content (AvgIpc) is 3.07. The first-order chi connectivity index (χ1) is 11.0. The van der Waals surface area contributed by atoms with Crippen LogP contribution in [0, 0.1) is 5.92 Å². The standard InChI is InChI=1S/C18H28N4O/c1-14(2)20(3)13-18(23)22-8-6-16-11-21(12-17(16)22)10-15-5-4-7-19-9-15/h4-5,7,9,14,16-17H,6,8,10-13H2,1-3H3/t16-,17+/m0/s1. The second kappa shape index (κ2) is 6.97. The molecule has 0 N–H and O–H groups in total. The van der Waals surface area contributed by atoms with Gasteiger partial charge in [0.05, 0.1) is 6.54 Å². The predicted octanol–water partition coefficient (Wildman–Crippen LogP) is 1.45. The molecule has 5 nitrogen and oxygen atoms in total. The first-order valence-electron chi connectivity index (χ1n) is 8.65. The summed E-state index contributed by atoms with van der Waals surface area (Å²) in [6.07, 6.45) is 4.90. The van der Waals surface area contributed by atoms with Crippen LogP contribution in [0.5, 0.6) is 0 Å². The average molecular weight is 316 g/mol. The van der Waals surface area contributed by atoms with Gasteiger partial charge < -0.3 is 4.90 Å². The first kappa shape index (κ1) is 16.4. The molecule has 5 heteroatoms. The summed E-state index contributed by atoms with van der Waals surface area (Å²) in [5.74, 6) is 0.928. The molecule has 1 amide bonds. The molecule has 126 valence electrons. The topological polar surface area (TPSA) is 39.7 Å². The molecule has 0 radical (unpaired) electrons. The van der Waals surface area contributed by atoms with E-state index in [1.54, 1.807) is 0 Å². The molecule has 3 heterocycles. The highest BCUT2D eigenvalue weighted by molar-refractivity contribution is 5.79. The van der Waals surface area contributed by atoms with Crippen LogP contribution < -0.4 is 0 Å². The largest absolute Gasteiger partial charge is 0.337 e. The Hall–Kier alpha value is -1.46. The number of fused-ring (bicyclic) bond motifs is 1. The van der Waals surface area contributed by atoms with E-state index in [4.69, 9.17) is 0 Å². The molecule has 0 unspecified atom stereocenters. The lowest BCUT2D eigenvalue weighted by molar-refractivity contribution is -0.133. The lowest BCUT2D eigenvalue weighted by Crippen LogP contribution is -2.45. The highest BCUT2D eigenvalue weighted by atomic mass is 16.2. The third-order valence-electron chi connectivity index (χ3n) is 5.34. The molecule has 2 atom stereocenters. The molecule has 2 fully saturated rings. The smallest absolute Gasteiger partial charge is 0.237 e. The zero-order valence-electron chi connectivity index (χ0n) is 14.5. The molecule has 0 saturated carbocycles. The van der Waals surface area contributed by atoms with Gasteiger partial charge >= 0.3 is 0 Å². The molecule has 2 saturated heterocycles. The highest BCUT2D eigenvalue weighted by Gasteiger charge is 2.43. The number of hydrogen-bond donors (Lipinski definition) is 0. The molecule has 0 aromatic carbocycles. The molecule has 1 aromatic heterocycles. The van der Waals surface area contributed by atoms with Gasteiger partial charge in [-0.2, -0.15) is 0 Å². The lowest BCUT2D eigenvalue weighted by Gasteiger charge is -2.28. The number of pyridine rings is 1. The minimum atomic E-state index is 0.289. The van der Waals surface area contributed by atoms with Gasteiger partial charge in [0.25, 0.3) is 0 Å². The fourth-order valence-corrected chi connectivity index (χ4v) is 3.72. The zero-order valence-corrected chi connectivity index (χ0v) is 14.5. The van der Waals surface area contributed by atoms with E-state index in [1.807, 2.05) is 25.5 Å². The fraction of sp³-hybridized carbons (Fsp3) is 0.667. The molecule has 23 heavy (non-hydrogen) atoms. The summed E-state index contributed by atoms with van der Waals surface area (Å²) in [6.45, 7) is 8.76. The number of aromatic nitrogens is 1. The van der Waals surface area contributed by atoms with Crippen LogP contribution >= 0.6 is 0 Å². The van der Waals surface area contributed by atoms with Crippen molar-refractivity contribution < 1.29 is 4.79 Å². The Labute approximate surface area is 139 Å². The second-order valence-electron chi connectivity index (χ2n) is 7.27. The normalized spacial score (nSPS) is 24.7. The molecule has 1 aromatic rings. The number of nitrogens with zero attached hydrogens (tertiary/aromatic N) is 4. The van der Waals surface area contributed by atoms with Gasteiger partial charge in [-0.25, -0.2) is 0 Å². The number of carbonyl (C=O) groups excluding carboxylic acids is 1. The summed E-state index contributed by atoms with van der Waals surface area (Å²) >= 11 is 0. The lowest BCUT2D eigenvalue weighted by atomic mass is 10.1. The molecule has 2 aliphatic heterocycles. The van der Waals surface area contributed by atoms with E-state index >= 15 is 0 Å². The molecule has 2 aliphatic rings. The minimum Gasteiger partial charge on any atom is -0.337 e. The number of amides is 1. The maximum absolute atomic E-state index is 12.6. The Morgan fingerprint density at radius 2 is 2.26 bits per heavy atom. The van der Waals surface area contributed by atoms with Crippen molar-refractivity contribution in [3.05, 3.63) is 30.1 Å². The minimum absolute atomic E-state index is 0.289. The van der Waals surface area contributed by atoms with Crippen molar-refractivity contribution in [2.24, 2.45) is 5.92 Å². The Morgan fingerprint density at radius 3 is 2.96 bits per heavy atom. The summed E-state index contributed by atoms with van der Waals surface area (Å²) in [4.78, 5) is 23.5. The monoisotopic (exact) mass is 316 g/mol. The quantitative estimate of drug-likeness (QED) is 0.824. The van der Waals surface area contributed by atoms with E-state index in [0.717, 1.165) is 32.6 Å². The van der Waals surface area contributed by atoms with Gasteiger partial charge in [-0.3, -0.25) is 19.6 Å². The summed E-state index contributed by atoms with van der Waals surface area (Å²) in [5.41, 5.74) is 1.25. The summed E-state index contributed by atoms with van der Waals surface area (Å²) in [7, 11) is 2.03. The van der Waals surface area contributed by atoms with E-state index in [0.29, 0.717) is 24.5 Å². The summed E-state index contributed by atoms with van der Waals surface area (Å²) < 4.78 is 0. The van der Waals surface area contributed by atoms with Crippen molar-refractivity contribution in [1.29, 1.82) is 0 Å². The number of carbonyl (C=O) groups is 1. The van der Waals surface area contributed by atoms with Crippen molar-refractivity contribution in [1.82, 2.24) is 19.7 Å². The SMILES string of the molecule is CC(C)N(C)CC(=O)N1CC[C@H]2CN(Cc3cccnc3)C[C@H]21. The molecule has 0 spiro atoms. The second-order valence-corrected chi connectivity index (χ2v) is 7.27. The van der Waals surface area contributed by atoms with Crippen LogP contribution in [0.2, 0.25) is 0 Å². The number of likely N-dealkylation sites (tertiary alicyclic amines) is 2. The third kappa shape index (κ3) is 3.72. The van der Waals surface area contributed by atoms with Crippen LogP contribution in [-0.4, -0.2) is 70.9 Å². The van der Waals surface area contributed by atoms with Gasteiger partial charge in [-0.05, 0) is 44.9 Å². The maximum Gasteiger partial charge on any atom is 0.237 e. The summed E-state index contributed by atoms with van der Waals surface area (Å²) in [5, 5.41) is 0. The van der Waals surface area contributed by atoms with E-state index < -0.39 is 0 Å². The Bertz CT molecular complexity index is 533. The van der Waals surface area contributed by atoms with E-state index in [9.17, 15) is 4.79 Å².